The first-order valence-electron chi connectivity index (χ1n) is 8.64. The summed E-state index contributed by atoms with van der Waals surface area (Å²) < 4.78 is 2.60. The molecule has 0 saturated carbocycles. The van der Waals surface area contributed by atoms with E-state index >= 15 is 0 Å². The smallest absolute Gasteiger partial charge is 0.332 e. The third-order valence-corrected chi connectivity index (χ3v) is 4.17. The van der Waals surface area contributed by atoms with Crippen molar-refractivity contribution in [1.29, 1.82) is 0 Å². The summed E-state index contributed by atoms with van der Waals surface area (Å²) in [4.78, 5) is 23.4. The monoisotopic (exact) mass is 309 g/mol. The van der Waals surface area contributed by atoms with Gasteiger partial charge in [0.1, 0.15) is 5.82 Å². The van der Waals surface area contributed by atoms with Crippen molar-refractivity contribution in [3.63, 3.8) is 0 Å². The van der Waals surface area contributed by atoms with Crippen LogP contribution >= 0.6 is 0 Å². The second-order valence-corrected chi connectivity index (χ2v) is 6.08. The first kappa shape index (κ1) is 18.5. The summed E-state index contributed by atoms with van der Waals surface area (Å²) in [7, 11) is 1.49. The van der Waals surface area contributed by atoms with Crippen molar-refractivity contribution < 1.29 is 0 Å². The maximum Gasteiger partial charge on any atom is 0.332 e. The van der Waals surface area contributed by atoms with Crippen molar-refractivity contribution in [2.24, 2.45) is 7.05 Å². The maximum absolute atomic E-state index is 11.9. The maximum atomic E-state index is 11.9. The summed E-state index contributed by atoms with van der Waals surface area (Å²) >= 11 is 0. The van der Waals surface area contributed by atoms with Gasteiger partial charge in [-0.15, -0.1) is 0 Å². The van der Waals surface area contributed by atoms with Crippen LogP contribution in [0.25, 0.3) is 0 Å². The fourth-order valence-corrected chi connectivity index (χ4v) is 2.67. The minimum Gasteiger partial charge on any atom is -0.385 e. The third kappa shape index (κ3) is 6.08. The van der Waals surface area contributed by atoms with Crippen molar-refractivity contribution in [3.8, 4) is 0 Å². The number of hydrogen-bond donors (Lipinski definition) is 1. The Bertz CT molecular complexity index is 546. The molecule has 0 aliphatic heterocycles. The van der Waals surface area contributed by atoms with E-state index in [0.29, 0.717) is 6.54 Å². The number of anilines is 1. The molecule has 1 aromatic heterocycles. The number of rotatable bonds is 11. The molecule has 0 aliphatic rings. The fourth-order valence-electron chi connectivity index (χ4n) is 2.67. The van der Waals surface area contributed by atoms with Gasteiger partial charge in [0.2, 0.25) is 0 Å². The van der Waals surface area contributed by atoms with Crippen molar-refractivity contribution in [2.45, 2.75) is 77.7 Å². The van der Waals surface area contributed by atoms with Gasteiger partial charge >= 0.3 is 5.69 Å². The average Bonchev–Trinajstić information content (AvgIpc) is 2.50. The quantitative estimate of drug-likeness (QED) is 0.639. The van der Waals surface area contributed by atoms with E-state index in [1.807, 2.05) is 0 Å². The number of aromatic nitrogens is 2. The molecule has 0 unspecified atom stereocenters. The molecule has 0 fully saturated rings. The Hall–Kier alpha value is -1.52. The van der Waals surface area contributed by atoms with Gasteiger partial charge in [0.05, 0.1) is 0 Å². The van der Waals surface area contributed by atoms with Crippen LogP contribution in [0.4, 0.5) is 5.82 Å². The van der Waals surface area contributed by atoms with E-state index in [1.165, 1.54) is 69.0 Å². The van der Waals surface area contributed by atoms with Crippen molar-refractivity contribution >= 4 is 5.82 Å². The molecule has 1 rings (SSSR count). The molecule has 0 radical (unpaired) electrons. The molecule has 126 valence electrons. The van der Waals surface area contributed by atoms with E-state index in [0.717, 1.165) is 17.4 Å². The molecule has 0 bridgehead atoms. The highest BCUT2D eigenvalue weighted by molar-refractivity contribution is 5.26. The van der Waals surface area contributed by atoms with Crippen LogP contribution in [0.15, 0.2) is 15.7 Å². The number of nitrogens with zero attached hydrogens (tertiary/aromatic N) is 2. The van der Waals surface area contributed by atoms with Crippen molar-refractivity contribution in [1.82, 2.24) is 9.13 Å². The van der Waals surface area contributed by atoms with Gasteiger partial charge in [-0.2, -0.15) is 0 Å². The fraction of sp³-hybridized carbons (Fsp3) is 0.765. The van der Waals surface area contributed by atoms with Crippen LogP contribution in [-0.2, 0) is 13.6 Å². The number of nitrogen functional groups attached to an aromatic ring is 1. The summed E-state index contributed by atoms with van der Waals surface area (Å²) in [6.45, 7) is 2.83. The van der Waals surface area contributed by atoms with Gasteiger partial charge in [-0.05, 0) is 6.42 Å². The Kier molecular flexibility index (Phi) is 8.63. The van der Waals surface area contributed by atoms with E-state index in [4.69, 9.17) is 5.73 Å². The van der Waals surface area contributed by atoms with Crippen LogP contribution in [0.5, 0.6) is 0 Å². The Balaban J connectivity index is 2.19. The molecule has 2 N–H and O–H groups in total. The van der Waals surface area contributed by atoms with Crippen molar-refractivity contribution in [3.05, 3.63) is 26.9 Å². The Morgan fingerprint density at radius 1 is 0.909 bits per heavy atom. The first-order chi connectivity index (χ1) is 10.6. The summed E-state index contributed by atoms with van der Waals surface area (Å²) in [6, 6.07) is 1.32. The number of nitrogens with two attached hydrogens (primary N) is 1. The molecule has 5 nitrogen and oxygen atoms in total. The minimum atomic E-state index is -0.346. The molecular weight excluding hydrogens is 278 g/mol. The second-order valence-electron chi connectivity index (χ2n) is 6.08. The van der Waals surface area contributed by atoms with Gasteiger partial charge in [0.15, 0.2) is 0 Å². The topological polar surface area (TPSA) is 70.0 Å². The number of hydrogen-bond acceptors (Lipinski definition) is 3. The van der Waals surface area contributed by atoms with E-state index in [1.54, 1.807) is 0 Å². The molecule has 22 heavy (non-hydrogen) atoms. The zero-order chi connectivity index (χ0) is 16.4. The van der Waals surface area contributed by atoms with Crippen LogP contribution in [0.1, 0.15) is 71.1 Å². The molecule has 5 heteroatoms. The van der Waals surface area contributed by atoms with Crippen molar-refractivity contribution in [2.75, 3.05) is 5.73 Å². The molecule has 0 spiro atoms. The minimum absolute atomic E-state index is 0.268. The lowest BCUT2D eigenvalue weighted by Crippen LogP contribution is -2.38. The predicted molar refractivity (Wildman–Crippen MR) is 92.2 cm³/mol. The second kappa shape index (κ2) is 10.2. The Morgan fingerprint density at radius 2 is 1.41 bits per heavy atom. The molecule has 0 atom stereocenters. The summed E-state index contributed by atoms with van der Waals surface area (Å²) in [5.41, 5.74) is 5.10. The van der Waals surface area contributed by atoms with Crippen LogP contribution in [0.3, 0.4) is 0 Å². The van der Waals surface area contributed by atoms with Crippen LogP contribution in [0, 0.1) is 0 Å². The summed E-state index contributed by atoms with van der Waals surface area (Å²) in [6.07, 6.45) is 12.5. The first-order valence-corrected chi connectivity index (χ1v) is 8.64. The van der Waals surface area contributed by atoms with Crippen LogP contribution < -0.4 is 17.0 Å². The predicted octanol–water partition coefficient (Wildman–Crippen LogP) is 3.05. The van der Waals surface area contributed by atoms with E-state index in [9.17, 15) is 9.59 Å². The summed E-state index contributed by atoms with van der Waals surface area (Å²) in [5.74, 6) is 0.268. The zero-order valence-corrected chi connectivity index (χ0v) is 14.1. The van der Waals surface area contributed by atoms with E-state index < -0.39 is 0 Å². The molecule has 1 aromatic rings. The molecule has 0 saturated heterocycles. The van der Waals surface area contributed by atoms with E-state index in [2.05, 4.69) is 6.92 Å². The van der Waals surface area contributed by atoms with Gasteiger partial charge in [-0.1, -0.05) is 64.7 Å². The molecule has 1 heterocycles. The molecular formula is C17H31N3O2. The van der Waals surface area contributed by atoms with Gasteiger partial charge in [-0.25, -0.2) is 4.79 Å². The molecule has 0 amide bonds. The van der Waals surface area contributed by atoms with Gasteiger partial charge in [0, 0.05) is 19.7 Å². The van der Waals surface area contributed by atoms with Gasteiger partial charge in [-0.3, -0.25) is 13.9 Å². The SMILES string of the molecule is CCCCCCCCCCCCn1c(N)cc(=O)n(C)c1=O. The Morgan fingerprint density at radius 3 is 1.95 bits per heavy atom. The number of unbranched alkanes of at least 4 members (excludes halogenated alkanes) is 9. The summed E-state index contributed by atoms with van der Waals surface area (Å²) in [5, 5.41) is 0. The molecule has 0 aromatic carbocycles. The van der Waals surface area contributed by atoms with E-state index in [-0.39, 0.29) is 17.1 Å². The Labute approximate surface area is 133 Å². The average molecular weight is 309 g/mol. The van der Waals surface area contributed by atoms with Crippen LogP contribution in [0.2, 0.25) is 0 Å². The normalized spacial score (nSPS) is 11.0. The lowest BCUT2D eigenvalue weighted by molar-refractivity contribution is 0.520. The van der Waals surface area contributed by atoms with Crippen LogP contribution in [-0.4, -0.2) is 9.13 Å². The highest BCUT2D eigenvalue weighted by Gasteiger charge is 2.05. The third-order valence-electron chi connectivity index (χ3n) is 4.17. The standard InChI is InChI=1S/C17H31N3O2/c1-3-4-5-6-7-8-9-10-11-12-13-20-15(18)14-16(21)19(2)17(20)22/h14H,3-13,18H2,1-2H3. The molecule has 0 aliphatic carbocycles. The highest BCUT2D eigenvalue weighted by Crippen LogP contribution is 2.11. The lowest BCUT2D eigenvalue weighted by Gasteiger charge is -2.10. The highest BCUT2D eigenvalue weighted by atomic mass is 16.2. The zero-order valence-electron chi connectivity index (χ0n) is 14.1. The van der Waals surface area contributed by atoms with Gasteiger partial charge in [0.25, 0.3) is 5.56 Å². The largest absolute Gasteiger partial charge is 0.385 e. The van der Waals surface area contributed by atoms with Gasteiger partial charge < -0.3 is 5.73 Å². The lowest BCUT2D eigenvalue weighted by atomic mass is 10.1.